The smallest absolute Gasteiger partial charge is 0.338 e. The molecule has 0 N–H and O–H groups in total. The summed E-state index contributed by atoms with van der Waals surface area (Å²) < 4.78 is 28.8. The number of aliphatic imine (C=N–C) groups is 1. The van der Waals surface area contributed by atoms with Crippen LogP contribution in [0.5, 0.6) is 17.2 Å². The number of ether oxygens (including phenoxy) is 5. The molecule has 4 aliphatic rings. The molecule has 3 fully saturated rings. The van der Waals surface area contributed by atoms with Crippen LogP contribution in [0, 0.1) is 46.3 Å². The number of hydrogen-bond acceptors (Lipinski definition) is 10. The average molecular weight is 1100 g/mol. The molecule has 81 heavy (non-hydrogen) atoms. The van der Waals surface area contributed by atoms with Gasteiger partial charge >= 0.3 is 11.9 Å². The number of hydrogen-bond donors (Lipinski definition) is 0. The number of carbonyl (C=O) groups excluding carboxylic acids is 2. The van der Waals surface area contributed by atoms with Gasteiger partial charge in [0.15, 0.2) is 0 Å². The highest BCUT2D eigenvalue weighted by atomic mass is 16.5. The minimum atomic E-state index is -0.324. The highest BCUT2D eigenvalue weighted by molar-refractivity contribution is 5.90. The fraction of sp³-hybridized carbons (Fsp3) is 0.592. The van der Waals surface area contributed by atoms with Gasteiger partial charge in [-0.25, -0.2) is 4.79 Å². The number of esters is 2. The van der Waals surface area contributed by atoms with Crippen LogP contribution in [-0.2, 0) is 14.3 Å². The van der Waals surface area contributed by atoms with Crippen molar-refractivity contribution in [2.45, 2.75) is 195 Å². The summed E-state index contributed by atoms with van der Waals surface area (Å²) >= 11 is 0. The number of allylic oxidation sites excluding steroid dienone is 1. The van der Waals surface area contributed by atoms with Gasteiger partial charge in [-0.3, -0.25) is 9.79 Å². The average Bonchev–Trinajstić information content (AvgIpc) is 4.11. The van der Waals surface area contributed by atoms with E-state index in [0.29, 0.717) is 42.6 Å². The van der Waals surface area contributed by atoms with Crippen LogP contribution in [0.15, 0.2) is 124 Å². The summed E-state index contributed by atoms with van der Waals surface area (Å²) in [4.78, 5) is 30.3. The molecule has 4 aromatic rings. The zero-order valence-electron chi connectivity index (χ0n) is 50.2. The van der Waals surface area contributed by atoms with Crippen LogP contribution in [0.4, 0.5) is 17.1 Å². The molecule has 0 spiro atoms. The van der Waals surface area contributed by atoms with Crippen molar-refractivity contribution in [1.82, 2.24) is 0 Å². The molecule has 0 aliphatic heterocycles. The van der Waals surface area contributed by atoms with Gasteiger partial charge in [-0.2, -0.15) is 10.2 Å². The predicted molar refractivity (Wildman–Crippen MR) is 328 cm³/mol. The van der Waals surface area contributed by atoms with Crippen LogP contribution >= 0.6 is 0 Å². The van der Waals surface area contributed by atoms with Gasteiger partial charge in [-0.15, -0.1) is 0 Å². The van der Waals surface area contributed by atoms with E-state index in [1.165, 1.54) is 83.5 Å². The molecule has 10 nitrogen and oxygen atoms in total. The Morgan fingerprint density at radius 2 is 1.19 bits per heavy atom. The standard InChI is InChI=1S/C71H97N3O7/c1-52(2)20-19-21-53(3)65-41-42-66-64-40-27-56-50-63(43-45-70(56,4)67(64)44-46-71(65,66)5)81-68(75)22-15-11-9-7-8-10-12-16-47-78-61-34-23-54(24-35-61)51-72-57-28-25-55(26-29-57)69(76)80-49-18-14-13-17-48-79-62-38-32-59(33-39-62)74-73-58-30-36-60(77-6)37-31-58/h23-39,51-53,63-67H,7-22,40-50H2,1-6H3/t53-,63+,64+,65-,66+,67+,70+,71-/m1/s1. The van der Waals surface area contributed by atoms with Gasteiger partial charge in [0.2, 0.25) is 0 Å². The highest BCUT2D eigenvalue weighted by Gasteiger charge is 2.59. The Hall–Kier alpha value is -5.77. The van der Waals surface area contributed by atoms with Crippen molar-refractivity contribution >= 4 is 35.2 Å². The summed E-state index contributed by atoms with van der Waals surface area (Å²) in [5.74, 6) is 7.22. The van der Waals surface area contributed by atoms with Gasteiger partial charge in [0.25, 0.3) is 0 Å². The van der Waals surface area contributed by atoms with Gasteiger partial charge in [0.05, 0.1) is 49.6 Å². The summed E-state index contributed by atoms with van der Waals surface area (Å²) in [6.45, 7) is 14.3. The molecule has 8 atom stereocenters. The summed E-state index contributed by atoms with van der Waals surface area (Å²) in [5, 5.41) is 8.55. The Labute approximate surface area is 486 Å². The van der Waals surface area contributed by atoms with E-state index in [1.807, 2.05) is 91.1 Å². The van der Waals surface area contributed by atoms with Crippen LogP contribution in [0.1, 0.15) is 205 Å². The first-order valence-corrected chi connectivity index (χ1v) is 31.6. The zero-order chi connectivity index (χ0) is 56.9. The molecule has 0 saturated heterocycles. The van der Waals surface area contributed by atoms with Crippen LogP contribution in [0.25, 0.3) is 0 Å². The molecule has 0 amide bonds. The quantitative estimate of drug-likeness (QED) is 0.0157. The predicted octanol–water partition coefficient (Wildman–Crippen LogP) is 19.5. The number of azo groups is 1. The molecule has 0 aromatic heterocycles. The number of unbranched alkanes of at least 4 members (excludes halogenated alkanes) is 10. The first-order valence-electron chi connectivity index (χ1n) is 31.6. The number of rotatable bonds is 32. The monoisotopic (exact) mass is 1100 g/mol. The summed E-state index contributed by atoms with van der Waals surface area (Å²) in [7, 11) is 1.64. The lowest BCUT2D eigenvalue weighted by Gasteiger charge is -2.58. The lowest BCUT2D eigenvalue weighted by molar-refractivity contribution is -0.151. The van der Waals surface area contributed by atoms with Crippen molar-refractivity contribution in [3.8, 4) is 17.2 Å². The van der Waals surface area contributed by atoms with Gasteiger partial charge in [-0.1, -0.05) is 104 Å². The molecule has 4 aromatic carbocycles. The van der Waals surface area contributed by atoms with Crippen molar-refractivity contribution in [2.75, 3.05) is 26.9 Å². The second-order valence-corrected chi connectivity index (χ2v) is 25.2. The Morgan fingerprint density at radius 3 is 1.81 bits per heavy atom. The van der Waals surface area contributed by atoms with Gasteiger partial charge in [0, 0.05) is 19.1 Å². The third-order valence-corrected chi connectivity index (χ3v) is 19.2. The number of methoxy groups -OCH3 is 1. The number of benzene rings is 4. The molecule has 0 bridgehead atoms. The Bertz CT molecular complexity index is 2630. The maximum atomic E-state index is 13.0. The van der Waals surface area contributed by atoms with Crippen LogP contribution in [0.2, 0.25) is 0 Å². The van der Waals surface area contributed by atoms with Crippen molar-refractivity contribution < 1.29 is 33.3 Å². The minimum Gasteiger partial charge on any atom is -0.497 e. The van der Waals surface area contributed by atoms with E-state index in [2.05, 4.69) is 55.9 Å². The maximum absolute atomic E-state index is 13.0. The van der Waals surface area contributed by atoms with Crippen molar-refractivity contribution in [1.29, 1.82) is 0 Å². The fourth-order valence-corrected chi connectivity index (χ4v) is 14.5. The Kier molecular flexibility index (Phi) is 23.5. The van der Waals surface area contributed by atoms with E-state index in [-0.39, 0.29) is 18.0 Å². The minimum absolute atomic E-state index is 0.0155. The summed E-state index contributed by atoms with van der Waals surface area (Å²) in [6, 6.07) is 30.2. The molecular formula is C71H97N3O7. The number of carbonyl (C=O) groups is 2. The molecule has 0 unspecified atom stereocenters. The summed E-state index contributed by atoms with van der Waals surface area (Å²) in [5.41, 5.74) is 6.18. The zero-order valence-corrected chi connectivity index (χ0v) is 50.2. The Balaban J connectivity index is 0.605. The van der Waals surface area contributed by atoms with Crippen LogP contribution in [0.3, 0.4) is 0 Å². The van der Waals surface area contributed by atoms with E-state index < -0.39 is 0 Å². The van der Waals surface area contributed by atoms with Crippen LogP contribution in [-0.4, -0.2) is 51.2 Å². The van der Waals surface area contributed by atoms with Gasteiger partial charge in [0.1, 0.15) is 23.4 Å². The molecule has 0 heterocycles. The van der Waals surface area contributed by atoms with E-state index in [1.54, 1.807) is 24.8 Å². The largest absolute Gasteiger partial charge is 0.497 e. The topological polar surface area (TPSA) is 117 Å². The van der Waals surface area contributed by atoms with Crippen molar-refractivity contribution in [3.05, 3.63) is 120 Å². The number of nitrogens with zero attached hydrogens (tertiary/aromatic N) is 3. The van der Waals surface area contributed by atoms with E-state index >= 15 is 0 Å². The Morgan fingerprint density at radius 1 is 0.605 bits per heavy atom. The fourth-order valence-electron chi connectivity index (χ4n) is 14.5. The van der Waals surface area contributed by atoms with E-state index in [0.717, 1.165) is 140 Å². The molecule has 0 radical (unpaired) electrons. The third-order valence-electron chi connectivity index (χ3n) is 19.2. The molecule has 3 saturated carbocycles. The first kappa shape index (κ1) is 61.3. The first-order chi connectivity index (χ1) is 39.4. The molecule has 8 rings (SSSR count). The molecule has 4 aliphatic carbocycles. The lowest BCUT2D eigenvalue weighted by Crippen LogP contribution is -2.51. The normalized spacial score (nSPS) is 23.6. The maximum Gasteiger partial charge on any atom is 0.338 e. The van der Waals surface area contributed by atoms with Crippen molar-refractivity contribution in [2.24, 2.45) is 61.6 Å². The van der Waals surface area contributed by atoms with Crippen LogP contribution < -0.4 is 14.2 Å². The third kappa shape index (κ3) is 17.9. The SMILES string of the molecule is COc1ccc(N=Nc2ccc(OCCCCCCOC(=O)c3ccc(N=Cc4ccc(OCCCCCCCCCCC(=O)O[C@H]5CC[C@@]6(C)C(=CC[C@H]7[C@@H]8CC[C@H]([C@H](C)CCCC(C)C)[C@@]8(C)CC[C@@H]76)C5)cc4)cc3)cc2)cc1. The van der Waals surface area contributed by atoms with Crippen molar-refractivity contribution in [3.63, 3.8) is 0 Å². The summed E-state index contributed by atoms with van der Waals surface area (Å²) in [6.07, 6.45) is 32.0. The second-order valence-electron chi connectivity index (χ2n) is 25.2. The molecule has 10 heteroatoms. The van der Waals surface area contributed by atoms with Gasteiger partial charge in [-0.05, 0) is 232 Å². The molecule has 438 valence electrons. The highest BCUT2D eigenvalue weighted by Crippen LogP contribution is 2.67. The lowest BCUT2D eigenvalue weighted by atomic mass is 9.47. The molecular weight excluding hydrogens is 1010 g/mol. The van der Waals surface area contributed by atoms with Gasteiger partial charge < -0.3 is 23.7 Å². The van der Waals surface area contributed by atoms with E-state index in [4.69, 9.17) is 23.7 Å². The number of fused-ring (bicyclic) bond motifs is 5. The second kappa shape index (κ2) is 31.0. The van der Waals surface area contributed by atoms with E-state index in [9.17, 15) is 9.59 Å².